The van der Waals surface area contributed by atoms with Crippen LogP contribution < -0.4 is 4.74 Å². The Bertz CT molecular complexity index is 565. The standard InChI is InChI=1S/C15H16N2O2/c1-3-11-4-6-12(7-5-11)14(18)8-13-9-15(19-2)17-10-16-13/h4-7,9-10H,3,8H2,1-2H3. The van der Waals surface area contributed by atoms with Gasteiger partial charge in [0.25, 0.3) is 0 Å². The summed E-state index contributed by atoms with van der Waals surface area (Å²) in [4.78, 5) is 20.1. The van der Waals surface area contributed by atoms with Crippen LogP contribution in [0.15, 0.2) is 36.7 Å². The largest absolute Gasteiger partial charge is 0.481 e. The maximum Gasteiger partial charge on any atom is 0.216 e. The van der Waals surface area contributed by atoms with E-state index in [4.69, 9.17) is 4.74 Å². The molecule has 2 aromatic rings. The molecule has 0 saturated carbocycles. The van der Waals surface area contributed by atoms with Gasteiger partial charge in [0.1, 0.15) is 6.33 Å². The molecule has 0 radical (unpaired) electrons. The van der Waals surface area contributed by atoms with E-state index in [0.717, 1.165) is 6.42 Å². The second kappa shape index (κ2) is 6.09. The van der Waals surface area contributed by atoms with E-state index in [2.05, 4.69) is 16.9 Å². The Morgan fingerprint density at radius 2 is 1.95 bits per heavy atom. The van der Waals surface area contributed by atoms with E-state index in [0.29, 0.717) is 17.1 Å². The molecule has 2 rings (SSSR count). The minimum Gasteiger partial charge on any atom is -0.481 e. The third-order valence-corrected chi connectivity index (χ3v) is 2.93. The van der Waals surface area contributed by atoms with Crippen molar-refractivity contribution in [2.45, 2.75) is 19.8 Å². The zero-order chi connectivity index (χ0) is 13.7. The zero-order valence-electron chi connectivity index (χ0n) is 11.1. The summed E-state index contributed by atoms with van der Waals surface area (Å²) in [5.74, 6) is 0.516. The SMILES string of the molecule is CCc1ccc(C(=O)Cc2cc(OC)ncn2)cc1. The smallest absolute Gasteiger partial charge is 0.216 e. The summed E-state index contributed by atoms with van der Waals surface area (Å²) in [5.41, 5.74) is 2.59. The van der Waals surface area contributed by atoms with Gasteiger partial charge in [0, 0.05) is 11.6 Å². The lowest BCUT2D eigenvalue weighted by Crippen LogP contribution is -2.06. The van der Waals surface area contributed by atoms with Gasteiger partial charge in [0.15, 0.2) is 5.78 Å². The second-order valence-electron chi connectivity index (χ2n) is 4.20. The average Bonchev–Trinajstić information content (AvgIpc) is 2.47. The highest BCUT2D eigenvalue weighted by atomic mass is 16.5. The van der Waals surface area contributed by atoms with Crippen LogP contribution in [0.2, 0.25) is 0 Å². The molecule has 0 bridgehead atoms. The summed E-state index contributed by atoms with van der Waals surface area (Å²) in [6.45, 7) is 2.09. The molecule has 0 aliphatic rings. The van der Waals surface area contributed by atoms with E-state index < -0.39 is 0 Å². The fourth-order valence-electron chi connectivity index (χ4n) is 1.78. The predicted octanol–water partition coefficient (Wildman–Crippen LogP) is 2.47. The van der Waals surface area contributed by atoms with Gasteiger partial charge >= 0.3 is 0 Å². The first kappa shape index (κ1) is 13.2. The summed E-state index contributed by atoms with van der Waals surface area (Å²) < 4.78 is 5.01. The quantitative estimate of drug-likeness (QED) is 0.771. The molecule has 1 aromatic carbocycles. The van der Waals surface area contributed by atoms with E-state index in [-0.39, 0.29) is 12.2 Å². The number of benzene rings is 1. The number of ether oxygens (including phenoxy) is 1. The normalized spacial score (nSPS) is 10.2. The first-order valence-corrected chi connectivity index (χ1v) is 6.20. The molecular weight excluding hydrogens is 240 g/mol. The number of hydrogen-bond acceptors (Lipinski definition) is 4. The summed E-state index contributed by atoms with van der Waals surface area (Å²) in [6, 6.07) is 9.36. The van der Waals surface area contributed by atoms with Gasteiger partial charge in [0.2, 0.25) is 5.88 Å². The molecule has 0 saturated heterocycles. The van der Waals surface area contributed by atoms with Crippen molar-refractivity contribution in [3.63, 3.8) is 0 Å². The first-order valence-electron chi connectivity index (χ1n) is 6.20. The molecule has 0 fully saturated rings. The Hall–Kier alpha value is -2.23. The highest BCUT2D eigenvalue weighted by Crippen LogP contribution is 2.11. The van der Waals surface area contributed by atoms with Crippen molar-refractivity contribution in [2.75, 3.05) is 7.11 Å². The number of aromatic nitrogens is 2. The van der Waals surface area contributed by atoms with Crippen LogP contribution in [0.4, 0.5) is 0 Å². The Balaban J connectivity index is 2.11. The Morgan fingerprint density at radius 3 is 2.58 bits per heavy atom. The molecule has 1 heterocycles. The van der Waals surface area contributed by atoms with Crippen LogP contribution >= 0.6 is 0 Å². The highest BCUT2D eigenvalue weighted by molar-refractivity contribution is 5.97. The number of hydrogen-bond donors (Lipinski definition) is 0. The van der Waals surface area contributed by atoms with Gasteiger partial charge in [-0.25, -0.2) is 9.97 Å². The van der Waals surface area contributed by atoms with Crippen LogP contribution in [0, 0.1) is 0 Å². The van der Waals surface area contributed by atoms with Crippen molar-refractivity contribution in [3.05, 3.63) is 53.5 Å². The molecule has 0 aliphatic carbocycles. The van der Waals surface area contributed by atoms with Gasteiger partial charge < -0.3 is 4.74 Å². The van der Waals surface area contributed by atoms with Crippen molar-refractivity contribution < 1.29 is 9.53 Å². The van der Waals surface area contributed by atoms with Crippen LogP contribution in [-0.4, -0.2) is 22.9 Å². The molecule has 98 valence electrons. The first-order chi connectivity index (χ1) is 9.22. The number of nitrogens with zero attached hydrogens (tertiary/aromatic N) is 2. The van der Waals surface area contributed by atoms with Crippen LogP contribution in [0.1, 0.15) is 28.5 Å². The number of Topliss-reactive ketones (excluding diaryl/α,β-unsaturated/α-hetero) is 1. The lowest BCUT2D eigenvalue weighted by molar-refractivity contribution is 0.0992. The minimum atomic E-state index is 0.0448. The maximum atomic E-state index is 12.1. The van der Waals surface area contributed by atoms with E-state index in [1.54, 1.807) is 6.07 Å². The van der Waals surface area contributed by atoms with Crippen LogP contribution in [-0.2, 0) is 12.8 Å². The maximum absolute atomic E-state index is 12.1. The summed E-state index contributed by atoms with van der Waals surface area (Å²) in [6.07, 6.45) is 2.63. The summed E-state index contributed by atoms with van der Waals surface area (Å²) in [7, 11) is 1.54. The third kappa shape index (κ3) is 3.37. The van der Waals surface area contributed by atoms with Crippen LogP contribution in [0.5, 0.6) is 5.88 Å². The number of carbonyl (C=O) groups is 1. The van der Waals surface area contributed by atoms with Gasteiger partial charge in [-0.05, 0) is 12.0 Å². The van der Waals surface area contributed by atoms with Crippen molar-refractivity contribution in [1.82, 2.24) is 9.97 Å². The number of aryl methyl sites for hydroxylation is 1. The molecule has 1 aromatic heterocycles. The van der Waals surface area contributed by atoms with Gasteiger partial charge in [-0.2, -0.15) is 0 Å². The van der Waals surface area contributed by atoms with Gasteiger partial charge in [-0.3, -0.25) is 4.79 Å². The highest BCUT2D eigenvalue weighted by Gasteiger charge is 2.09. The van der Waals surface area contributed by atoms with Crippen LogP contribution in [0.3, 0.4) is 0 Å². The molecule has 0 spiro atoms. The average molecular weight is 256 g/mol. The summed E-state index contributed by atoms with van der Waals surface area (Å²) >= 11 is 0. The summed E-state index contributed by atoms with van der Waals surface area (Å²) in [5, 5.41) is 0. The Labute approximate surface area is 112 Å². The van der Waals surface area contributed by atoms with Gasteiger partial charge in [-0.1, -0.05) is 31.2 Å². The van der Waals surface area contributed by atoms with Crippen molar-refractivity contribution in [1.29, 1.82) is 0 Å². The second-order valence-corrected chi connectivity index (χ2v) is 4.20. The van der Waals surface area contributed by atoms with E-state index >= 15 is 0 Å². The number of rotatable bonds is 5. The fraction of sp³-hybridized carbons (Fsp3) is 0.267. The van der Waals surface area contributed by atoms with Gasteiger partial charge in [-0.15, -0.1) is 0 Å². The number of carbonyl (C=O) groups excluding carboxylic acids is 1. The molecule has 19 heavy (non-hydrogen) atoms. The molecule has 0 N–H and O–H groups in total. The zero-order valence-corrected chi connectivity index (χ0v) is 11.1. The third-order valence-electron chi connectivity index (χ3n) is 2.93. The number of methoxy groups -OCH3 is 1. The Kier molecular flexibility index (Phi) is 4.23. The molecule has 4 nitrogen and oxygen atoms in total. The topological polar surface area (TPSA) is 52.1 Å². The minimum absolute atomic E-state index is 0.0448. The molecule has 4 heteroatoms. The lowest BCUT2D eigenvalue weighted by Gasteiger charge is -2.03. The van der Waals surface area contributed by atoms with Crippen molar-refractivity contribution in [2.24, 2.45) is 0 Å². The van der Waals surface area contributed by atoms with E-state index in [9.17, 15) is 4.79 Å². The molecule has 0 atom stereocenters. The lowest BCUT2D eigenvalue weighted by atomic mass is 10.0. The monoisotopic (exact) mass is 256 g/mol. The molecular formula is C15H16N2O2. The van der Waals surface area contributed by atoms with E-state index in [1.807, 2.05) is 24.3 Å². The molecule has 0 aliphatic heterocycles. The Morgan fingerprint density at radius 1 is 1.21 bits per heavy atom. The van der Waals surface area contributed by atoms with Crippen molar-refractivity contribution >= 4 is 5.78 Å². The molecule has 0 amide bonds. The van der Waals surface area contributed by atoms with E-state index in [1.165, 1.54) is 19.0 Å². The number of ketones is 1. The predicted molar refractivity (Wildman–Crippen MR) is 72.4 cm³/mol. The molecule has 0 unspecified atom stereocenters. The fourth-order valence-corrected chi connectivity index (χ4v) is 1.78. The van der Waals surface area contributed by atoms with Gasteiger partial charge in [0.05, 0.1) is 19.2 Å². The van der Waals surface area contributed by atoms with Crippen molar-refractivity contribution in [3.8, 4) is 5.88 Å². The van der Waals surface area contributed by atoms with Crippen LogP contribution in [0.25, 0.3) is 0 Å².